The number of ether oxygens (including phenoxy) is 1. The van der Waals surface area contributed by atoms with Crippen LogP contribution in [0.3, 0.4) is 0 Å². The van der Waals surface area contributed by atoms with Crippen LogP contribution in [0.25, 0.3) is 17.1 Å². The van der Waals surface area contributed by atoms with Crippen LogP contribution in [-0.2, 0) is 4.74 Å². The number of aromatic nitrogens is 3. The summed E-state index contributed by atoms with van der Waals surface area (Å²) < 4.78 is 6.66. The Morgan fingerprint density at radius 2 is 1.68 bits per heavy atom. The fourth-order valence-corrected chi connectivity index (χ4v) is 2.57. The molecule has 0 saturated heterocycles. The van der Waals surface area contributed by atoms with Gasteiger partial charge in [0.2, 0.25) is 5.82 Å². The molecule has 2 aromatic carbocycles. The summed E-state index contributed by atoms with van der Waals surface area (Å²) in [7, 11) is 1.66. The Labute approximate surface area is 170 Å². The Bertz CT molecular complexity index is 799. The van der Waals surface area contributed by atoms with Crippen molar-refractivity contribution in [1.29, 1.82) is 0 Å². The summed E-state index contributed by atoms with van der Waals surface area (Å²) in [4.78, 5) is 16.9. The maximum atomic E-state index is 12.5. The van der Waals surface area contributed by atoms with Crippen LogP contribution in [0.1, 0.15) is 10.6 Å². The molecule has 3 aromatic rings. The number of amides is 1. The third kappa shape index (κ3) is 5.63. The second-order valence-electron chi connectivity index (χ2n) is 5.87. The summed E-state index contributed by atoms with van der Waals surface area (Å²) in [5.41, 5.74) is 1.75. The minimum absolute atomic E-state index is 0. The van der Waals surface area contributed by atoms with E-state index in [9.17, 15) is 4.79 Å². The molecule has 2 N–H and O–H groups in total. The van der Waals surface area contributed by atoms with Crippen molar-refractivity contribution in [3.8, 4) is 17.1 Å². The third-order valence-corrected chi connectivity index (χ3v) is 3.91. The zero-order valence-electron chi connectivity index (χ0n) is 15.7. The Balaban J connectivity index is 0.00000280. The third-order valence-electron chi connectivity index (χ3n) is 3.91. The Morgan fingerprint density at radius 3 is 2.36 bits per heavy atom. The lowest BCUT2D eigenvalue weighted by Gasteiger charge is -2.05. The molecular formula is C20H24ClN5O2. The van der Waals surface area contributed by atoms with Crippen LogP contribution in [0.2, 0.25) is 0 Å². The zero-order chi connectivity index (χ0) is 18.9. The molecular weight excluding hydrogens is 378 g/mol. The lowest BCUT2D eigenvalue weighted by atomic mass is 10.2. The van der Waals surface area contributed by atoms with Crippen LogP contribution >= 0.6 is 12.4 Å². The fraction of sp³-hybridized carbons (Fsp3) is 0.250. The summed E-state index contributed by atoms with van der Waals surface area (Å²) in [5, 5.41) is 10.5. The maximum Gasteiger partial charge on any atom is 0.291 e. The van der Waals surface area contributed by atoms with E-state index >= 15 is 0 Å². The van der Waals surface area contributed by atoms with Gasteiger partial charge >= 0.3 is 0 Å². The molecule has 0 spiro atoms. The van der Waals surface area contributed by atoms with E-state index in [2.05, 4.69) is 20.7 Å². The molecule has 8 heteroatoms. The molecule has 0 atom stereocenters. The number of benzene rings is 2. The van der Waals surface area contributed by atoms with Crippen molar-refractivity contribution in [2.24, 2.45) is 0 Å². The molecule has 3 rings (SSSR count). The summed E-state index contributed by atoms with van der Waals surface area (Å²) >= 11 is 0. The Morgan fingerprint density at radius 1 is 1.00 bits per heavy atom. The van der Waals surface area contributed by atoms with Gasteiger partial charge in [0.25, 0.3) is 5.91 Å². The van der Waals surface area contributed by atoms with E-state index in [-0.39, 0.29) is 24.1 Å². The number of rotatable bonds is 9. The lowest BCUT2D eigenvalue weighted by molar-refractivity contribution is 0.0943. The van der Waals surface area contributed by atoms with Crippen LogP contribution in [0.15, 0.2) is 60.7 Å². The van der Waals surface area contributed by atoms with E-state index in [0.717, 1.165) is 17.8 Å². The Kier molecular flexibility index (Phi) is 8.61. The standard InChI is InChI=1S/C20H23N5O2.ClH/c1-27-15-14-21-12-13-22-20(26)18-23-19(16-8-4-2-5-9-16)25(24-18)17-10-6-3-7-11-17;/h2-11,21H,12-15H2,1H3,(H,22,26);1H. The average Bonchev–Trinajstić information content (AvgIpc) is 3.17. The molecule has 1 amide bonds. The van der Waals surface area contributed by atoms with E-state index < -0.39 is 0 Å². The van der Waals surface area contributed by atoms with Crippen LogP contribution in [0.4, 0.5) is 0 Å². The molecule has 0 radical (unpaired) electrons. The number of carbonyl (C=O) groups is 1. The largest absolute Gasteiger partial charge is 0.383 e. The highest BCUT2D eigenvalue weighted by atomic mass is 35.5. The van der Waals surface area contributed by atoms with Gasteiger partial charge < -0.3 is 15.4 Å². The van der Waals surface area contributed by atoms with Gasteiger partial charge in [-0.05, 0) is 12.1 Å². The van der Waals surface area contributed by atoms with Crippen molar-refractivity contribution >= 4 is 18.3 Å². The lowest BCUT2D eigenvalue weighted by Crippen LogP contribution is -2.33. The number of para-hydroxylation sites is 1. The average molecular weight is 402 g/mol. The van der Waals surface area contributed by atoms with Gasteiger partial charge in [-0.1, -0.05) is 48.5 Å². The number of hydrogen-bond donors (Lipinski definition) is 2. The molecule has 0 unspecified atom stereocenters. The first-order valence-corrected chi connectivity index (χ1v) is 8.85. The minimum atomic E-state index is -0.296. The fourth-order valence-electron chi connectivity index (χ4n) is 2.57. The maximum absolute atomic E-state index is 12.5. The topological polar surface area (TPSA) is 81.1 Å². The van der Waals surface area contributed by atoms with Crippen molar-refractivity contribution in [3.63, 3.8) is 0 Å². The number of nitrogens with one attached hydrogen (secondary N) is 2. The first-order chi connectivity index (χ1) is 13.3. The number of methoxy groups -OCH3 is 1. The van der Waals surface area contributed by atoms with Gasteiger partial charge in [-0.15, -0.1) is 17.5 Å². The first kappa shape index (κ1) is 21.6. The second kappa shape index (κ2) is 11.2. The minimum Gasteiger partial charge on any atom is -0.383 e. The molecule has 0 saturated carbocycles. The molecule has 0 bridgehead atoms. The molecule has 0 fully saturated rings. The molecule has 28 heavy (non-hydrogen) atoms. The summed E-state index contributed by atoms with van der Waals surface area (Å²) in [5.74, 6) is 0.482. The molecule has 148 valence electrons. The van der Waals surface area contributed by atoms with Gasteiger partial charge in [0.1, 0.15) is 0 Å². The molecule has 7 nitrogen and oxygen atoms in total. The SMILES string of the molecule is COCCNCCNC(=O)c1nc(-c2ccccc2)n(-c2ccccc2)n1.Cl. The van der Waals surface area contributed by atoms with E-state index in [1.54, 1.807) is 11.8 Å². The van der Waals surface area contributed by atoms with E-state index in [0.29, 0.717) is 25.5 Å². The summed E-state index contributed by atoms with van der Waals surface area (Å²) in [6.07, 6.45) is 0. The smallest absolute Gasteiger partial charge is 0.291 e. The van der Waals surface area contributed by atoms with E-state index in [1.165, 1.54) is 0 Å². The van der Waals surface area contributed by atoms with Crippen LogP contribution in [0.5, 0.6) is 0 Å². The highest BCUT2D eigenvalue weighted by Crippen LogP contribution is 2.20. The normalized spacial score (nSPS) is 10.3. The molecule has 0 aliphatic carbocycles. The van der Waals surface area contributed by atoms with Crippen molar-refractivity contribution in [1.82, 2.24) is 25.4 Å². The van der Waals surface area contributed by atoms with Gasteiger partial charge in [0, 0.05) is 32.3 Å². The molecule has 0 aliphatic heterocycles. The van der Waals surface area contributed by atoms with Crippen molar-refractivity contribution in [2.75, 3.05) is 33.4 Å². The van der Waals surface area contributed by atoms with Gasteiger partial charge in [-0.2, -0.15) is 0 Å². The predicted octanol–water partition coefficient (Wildman–Crippen LogP) is 2.32. The second-order valence-corrected chi connectivity index (χ2v) is 5.87. The van der Waals surface area contributed by atoms with Gasteiger partial charge in [0.15, 0.2) is 5.82 Å². The van der Waals surface area contributed by atoms with Crippen molar-refractivity contribution in [3.05, 3.63) is 66.5 Å². The zero-order valence-corrected chi connectivity index (χ0v) is 16.5. The van der Waals surface area contributed by atoms with Crippen LogP contribution < -0.4 is 10.6 Å². The molecule has 1 aromatic heterocycles. The predicted molar refractivity (Wildman–Crippen MR) is 111 cm³/mol. The molecule has 0 aliphatic rings. The van der Waals surface area contributed by atoms with Gasteiger partial charge in [-0.3, -0.25) is 4.79 Å². The van der Waals surface area contributed by atoms with Gasteiger partial charge in [-0.25, -0.2) is 9.67 Å². The monoisotopic (exact) mass is 401 g/mol. The van der Waals surface area contributed by atoms with E-state index in [4.69, 9.17) is 4.74 Å². The van der Waals surface area contributed by atoms with Gasteiger partial charge in [0.05, 0.1) is 12.3 Å². The van der Waals surface area contributed by atoms with Crippen molar-refractivity contribution in [2.45, 2.75) is 0 Å². The number of carbonyl (C=O) groups excluding carboxylic acids is 1. The number of hydrogen-bond acceptors (Lipinski definition) is 5. The number of halogens is 1. The van der Waals surface area contributed by atoms with E-state index in [1.807, 2.05) is 60.7 Å². The first-order valence-electron chi connectivity index (χ1n) is 8.85. The number of nitrogens with zero attached hydrogens (tertiary/aromatic N) is 3. The summed E-state index contributed by atoms with van der Waals surface area (Å²) in [6, 6.07) is 19.4. The molecule has 1 heterocycles. The Hall–Kier alpha value is -2.74. The quantitative estimate of drug-likeness (QED) is 0.538. The van der Waals surface area contributed by atoms with Crippen LogP contribution in [-0.4, -0.2) is 54.0 Å². The summed E-state index contributed by atoms with van der Waals surface area (Å²) in [6.45, 7) is 2.52. The highest BCUT2D eigenvalue weighted by molar-refractivity contribution is 5.91. The van der Waals surface area contributed by atoms with Crippen molar-refractivity contribution < 1.29 is 9.53 Å². The van der Waals surface area contributed by atoms with Crippen LogP contribution in [0, 0.1) is 0 Å². The highest BCUT2D eigenvalue weighted by Gasteiger charge is 2.18.